The SMILES string of the molecule is Cc1ccc2c(c1)S(OS(=O)(=O)C(F)(F)F)(C(F)(F)F)C(c1ccccc1)=C2. The molecule has 0 aliphatic carbocycles. The van der Waals surface area contributed by atoms with Crippen LogP contribution in [-0.2, 0) is 13.7 Å². The molecular weight excluding hydrogens is 430 g/mol. The van der Waals surface area contributed by atoms with Crippen molar-refractivity contribution in [1.29, 1.82) is 0 Å². The van der Waals surface area contributed by atoms with Gasteiger partial charge in [0.25, 0.3) is 0 Å². The van der Waals surface area contributed by atoms with Gasteiger partial charge in [0.2, 0.25) is 0 Å². The number of alkyl halides is 6. The predicted molar refractivity (Wildman–Crippen MR) is 93.5 cm³/mol. The molecule has 3 rings (SSSR count). The van der Waals surface area contributed by atoms with Crippen molar-refractivity contribution in [3.63, 3.8) is 0 Å². The fourth-order valence-corrected chi connectivity index (χ4v) is 7.32. The van der Waals surface area contributed by atoms with Gasteiger partial charge in [-0.2, -0.15) is 38.4 Å². The maximum atomic E-state index is 14.3. The standard InChI is InChI=1S/C17H12F6O3S2/c1-11-7-8-13-10-15(12-5-3-2-4-6-12)27(14(13)9-11,16(18,19)20)26-28(24,25)17(21,22)23/h2-10H,1H3. The van der Waals surface area contributed by atoms with E-state index < -0.39 is 41.2 Å². The van der Waals surface area contributed by atoms with Crippen molar-refractivity contribution in [3.05, 3.63) is 65.2 Å². The number of benzene rings is 2. The highest BCUT2D eigenvalue weighted by Gasteiger charge is 2.64. The molecule has 1 heterocycles. The average Bonchev–Trinajstić information content (AvgIpc) is 2.89. The average molecular weight is 442 g/mol. The van der Waals surface area contributed by atoms with Gasteiger partial charge in [0, 0.05) is 20.1 Å². The molecule has 152 valence electrons. The molecule has 2 aromatic carbocycles. The van der Waals surface area contributed by atoms with Gasteiger partial charge in [-0.05, 0) is 35.8 Å². The molecule has 0 aromatic heterocycles. The van der Waals surface area contributed by atoms with E-state index in [2.05, 4.69) is 3.63 Å². The summed E-state index contributed by atoms with van der Waals surface area (Å²) in [6.07, 6.45) is 1.03. The van der Waals surface area contributed by atoms with Crippen molar-refractivity contribution >= 4 is 31.4 Å². The second-order valence-electron chi connectivity index (χ2n) is 5.89. The van der Waals surface area contributed by atoms with Gasteiger partial charge in [-0.25, -0.2) is 0 Å². The molecule has 1 aliphatic heterocycles. The Labute approximate surface area is 158 Å². The summed E-state index contributed by atoms with van der Waals surface area (Å²) in [5.74, 6) is 0. The summed E-state index contributed by atoms with van der Waals surface area (Å²) >= 11 is 0. The molecule has 1 atom stereocenters. The Balaban J connectivity index is 2.37. The van der Waals surface area contributed by atoms with Gasteiger partial charge >= 0.3 is 21.1 Å². The second-order valence-corrected chi connectivity index (χ2v) is 10.3. The van der Waals surface area contributed by atoms with Crippen LogP contribution in [0.2, 0.25) is 0 Å². The van der Waals surface area contributed by atoms with Gasteiger partial charge in [0.1, 0.15) is 0 Å². The van der Waals surface area contributed by atoms with Crippen LogP contribution in [0, 0.1) is 6.92 Å². The first-order valence-electron chi connectivity index (χ1n) is 7.59. The molecule has 0 saturated heterocycles. The first-order valence-corrected chi connectivity index (χ1v) is 10.6. The fourth-order valence-electron chi connectivity index (χ4n) is 2.74. The van der Waals surface area contributed by atoms with E-state index in [-0.39, 0.29) is 11.1 Å². The van der Waals surface area contributed by atoms with Gasteiger partial charge in [-0.15, -0.1) is 0 Å². The van der Waals surface area contributed by atoms with E-state index >= 15 is 0 Å². The first-order chi connectivity index (χ1) is 12.8. The zero-order valence-electron chi connectivity index (χ0n) is 14.0. The smallest absolute Gasteiger partial charge is 0.196 e. The second kappa shape index (κ2) is 6.53. The maximum Gasteiger partial charge on any atom is 0.523 e. The third-order valence-electron chi connectivity index (χ3n) is 3.93. The Kier molecular flexibility index (Phi) is 4.84. The van der Waals surface area contributed by atoms with E-state index in [9.17, 15) is 34.8 Å². The van der Waals surface area contributed by atoms with Gasteiger partial charge in [-0.3, -0.25) is 0 Å². The van der Waals surface area contributed by atoms with Crippen molar-refractivity contribution in [2.45, 2.75) is 22.8 Å². The molecule has 0 N–H and O–H groups in total. The van der Waals surface area contributed by atoms with Crippen LogP contribution in [-0.4, -0.2) is 19.4 Å². The molecule has 1 aliphatic rings. The number of halogens is 6. The number of fused-ring (bicyclic) bond motifs is 1. The number of rotatable bonds is 3. The van der Waals surface area contributed by atoms with Crippen LogP contribution in [0.3, 0.4) is 0 Å². The zero-order valence-corrected chi connectivity index (χ0v) is 15.6. The highest BCUT2D eigenvalue weighted by atomic mass is 32.3. The van der Waals surface area contributed by atoms with E-state index in [1.54, 1.807) is 0 Å². The van der Waals surface area contributed by atoms with Crippen LogP contribution in [0.25, 0.3) is 11.0 Å². The molecule has 0 amide bonds. The van der Waals surface area contributed by atoms with Crippen molar-refractivity contribution in [2.75, 3.05) is 0 Å². The van der Waals surface area contributed by atoms with Gasteiger partial charge in [0.15, 0.2) is 0 Å². The van der Waals surface area contributed by atoms with Crippen molar-refractivity contribution < 1.29 is 38.4 Å². The van der Waals surface area contributed by atoms with Crippen molar-refractivity contribution in [2.24, 2.45) is 0 Å². The minimum atomic E-state index is -6.54. The number of hydrogen-bond donors (Lipinski definition) is 0. The Morgan fingerprint density at radius 1 is 0.929 bits per heavy atom. The summed E-state index contributed by atoms with van der Waals surface area (Å²) in [6.45, 7) is 1.44. The molecule has 11 heteroatoms. The Hall–Kier alpha value is -1.98. The summed E-state index contributed by atoms with van der Waals surface area (Å²) in [5.41, 5.74) is -11.2. The minimum Gasteiger partial charge on any atom is -0.196 e. The largest absolute Gasteiger partial charge is 0.523 e. The van der Waals surface area contributed by atoms with Gasteiger partial charge < -0.3 is 0 Å². The Bertz CT molecular complexity index is 1040. The maximum absolute atomic E-state index is 14.3. The minimum absolute atomic E-state index is 0.0471. The van der Waals surface area contributed by atoms with Crippen molar-refractivity contribution in [3.8, 4) is 0 Å². The van der Waals surface area contributed by atoms with E-state index in [0.29, 0.717) is 5.56 Å². The van der Waals surface area contributed by atoms with E-state index in [4.69, 9.17) is 0 Å². The van der Waals surface area contributed by atoms with Crippen LogP contribution >= 0.6 is 10.3 Å². The van der Waals surface area contributed by atoms with Crippen LogP contribution in [0.1, 0.15) is 16.7 Å². The zero-order chi connectivity index (χ0) is 21.0. The molecule has 0 radical (unpaired) electrons. The lowest BCUT2D eigenvalue weighted by Gasteiger charge is -2.39. The highest BCUT2D eigenvalue weighted by Crippen LogP contribution is 2.80. The van der Waals surface area contributed by atoms with Crippen molar-refractivity contribution in [1.82, 2.24) is 0 Å². The molecule has 0 spiro atoms. The van der Waals surface area contributed by atoms with Crippen LogP contribution < -0.4 is 0 Å². The lowest BCUT2D eigenvalue weighted by Crippen LogP contribution is -2.32. The molecule has 0 fully saturated rings. The highest BCUT2D eigenvalue weighted by molar-refractivity contribution is 8.41. The fraction of sp³-hybridized carbons (Fsp3) is 0.176. The van der Waals surface area contributed by atoms with Gasteiger partial charge in [-0.1, -0.05) is 42.5 Å². The van der Waals surface area contributed by atoms with Crippen LogP contribution in [0.4, 0.5) is 26.3 Å². The topological polar surface area (TPSA) is 43.4 Å². The monoisotopic (exact) mass is 442 g/mol. The Morgan fingerprint density at radius 3 is 2.07 bits per heavy atom. The first kappa shape index (κ1) is 20.7. The predicted octanol–water partition coefficient (Wildman–Crippen LogP) is 5.97. The lowest BCUT2D eigenvalue weighted by molar-refractivity contribution is -0.0543. The van der Waals surface area contributed by atoms with Crippen LogP contribution in [0.5, 0.6) is 0 Å². The molecule has 0 saturated carbocycles. The Morgan fingerprint density at radius 2 is 1.54 bits per heavy atom. The number of aryl methyl sites for hydroxylation is 1. The van der Waals surface area contributed by atoms with Crippen LogP contribution in [0.15, 0.2) is 53.4 Å². The summed E-state index contributed by atoms with van der Waals surface area (Å²) in [7, 11) is -11.6. The molecule has 3 nitrogen and oxygen atoms in total. The molecule has 28 heavy (non-hydrogen) atoms. The molecular formula is C17H12F6O3S2. The molecule has 1 unspecified atom stereocenters. The lowest BCUT2D eigenvalue weighted by atomic mass is 10.1. The summed E-state index contributed by atoms with van der Waals surface area (Å²) in [4.78, 5) is -1.29. The summed E-state index contributed by atoms with van der Waals surface area (Å²) < 4.78 is 109. The van der Waals surface area contributed by atoms with E-state index in [1.807, 2.05) is 0 Å². The third-order valence-corrected chi connectivity index (χ3v) is 8.63. The number of hydrogen-bond acceptors (Lipinski definition) is 3. The summed E-state index contributed by atoms with van der Waals surface area (Å²) in [5, 5.41) is 0. The molecule has 2 aromatic rings. The normalized spacial score (nSPS) is 22.3. The quantitative estimate of drug-likeness (QED) is 0.435. The third kappa shape index (κ3) is 3.20. The van der Waals surface area contributed by atoms with E-state index in [0.717, 1.165) is 12.1 Å². The van der Waals surface area contributed by atoms with Gasteiger partial charge in [0.05, 0.1) is 0 Å². The summed E-state index contributed by atoms with van der Waals surface area (Å²) in [6, 6.07) is 10.6. The van der Waals surface area contributed by atoms with E-state index in [1.165, 1.54) is 49.4 Å². The molecule has 0 bridgehead atoms.